The fourth-order valence-electron chi connectivity index (χ4n) is 1.99. The third-order valence-corrected chi connectivity index (χ3v) is 4.39. The van der Waals surface area contributed by atoms with Gasteiger partial charge in [0.25, 0.3) is 0 Å². The summed E-state index contributed by atoms with van der Waals surface area (Å²) in [7, 11) is 0. The Kier molecular flexibility index (Phi) is 4.39. The van der Waals surface area contributed by atoms with Gasteiger partial charge in [-0.1, -0.05) is 0 Å². The molecule has 94 valence electrons. The fraction of sp³-hybridized carbons (Fsp3) is 0.636. The molecule has 0 N–H and O–H groups in total. The number of rotatable bonds is 3. The predicted molar refractivity (Wildman–Crippen MR) is 71.4 cm³/mol. The molecule has 0 aliphatic carbocycles. The summed E-state index contributed by atoms with van der Waals surface area (Å²) in [6.07, 6.45) is 1.93. The Bertz CT molecular complexity index is 397. The van der Waals surface area contributed by atoms with Crippen molar-refractivity contribution in [3.8, 4) is 0 Å². The number of esters is 1. The van der Waals surface area contributed by atoms with Crippen LogP contribution in [0.5, 0.6) is 0 Å². The smallest absolute Gasteiger partial charge is 0.310 e. The summed E-state index contributed by atoms with van der Waals surface area (Å²) in [6.45, 7) is 3.99. The van der Waals surface area contributed by atoms with Crippen LogP contribution in [0, 0.1) is 5.92 Å². The van der Waals surface area contributed by atoms with E-state index in [1.54, 1.807) is 11.3 Å². The quantitative estimate of drug-likeness (QED) is 0.804. The number of carbonyl (C=O) groups is 1. The van der Waals surface area contributed by atoms with Gasteiger partial charge in [0.15, 0.2) is 5.13 Å². The van der Waals surface area contributed by atoms with E-state index in [-0.39, 0.29) is 11.9 Å². The molecule has 1 aromatic heterocycles. The molecule has 1 aliphatic rings. The van der Waals surface area contributed by atoms with Crippen molar-refractivity contribution in [1.29, 1.82) is 0 Å². The van der Waals surface area contributed by atoms with Crippen molar-refractivity contribution in [2.45, 2.75) is 19.8 Å². The van der Waals surface area contributed by atoms with Gasteiger partial charge in [0.1, 0.15) is 4.60 Å². The van der Waals surface area contributed by atoms with Crippen molar-refractivity contribution in [3.05, 3.63) is 9.98 Å². The van der Waals surface area contributed by atoms with Crippen LogP contribution in [0.1, 0.15) is 19.8 Å². The molecule has 6 heteroatoms. The van der Waals surface area contributed by atoms with E-state index < -0.39 is 0 Å². The maximum Gasteiger partial charge on any atom is 0.310 e. The van der Waals surface area contributed by atoms with E-state index in [1.165, 1.54) is 0 Å². The topological polar surface area (TPSA) is 42.4 Å². The van der Waals surface area contributed by atoms with Crippen LogP contribution in [-0.4, -0.2) is 30.6 Å². The van der Waals surface area contributed by atoms with Gasteiger partial charge < -0.3 is 9.64 Å². The molecule has 2 rings (SSSR count). The molecule has 0 bridgehead atoms. The number of aromatic nitrogens is 1. The molecular weight excluding hydrogens is 304 g/mol. The van der Waals surface area contributed by atoms with Gasteiger partial charge in [0, 0.05) is 18.5 Å². The second-order valence-corrected chi connectivity index (χ2v) is 5.64. The zero-order chi connectivity index (χ0) is 12.3. The van der Waals surface area contributed by atoms with E-state index in [1.807, 2.05) is 12.3 Å². The van der Waals surface area contributed by atoms with Crippen LogP contribution in [0.2, 0.25) is 0 Å². The van der Waals surface area contributed by atoms with Crippen molar-refractivity contribution in [2.75, 3.05) is 24.6 Å². The van der Waals surface area contributed by atoms with Crippen molar-refractivity contribution >= 4 is 38.4 Å². The molecule has 0 amide bonds. The lowest BCUT2D eigenvalue weighted by Gasteiger charge is -2.31. The lowest BCUT2D eigenvalue weighted by atomic mass is 9.99. The van der Waals surface area contributed by atoms with Crippen LogP contribution >= 0.6 is 27.3 Å². The summed E-state index contributed by atoms with van der Waals surface area (Å²) < 4.78 is 5.94. The number of ether oxygens (including phenoxy) is 1. The Morgan fingerprint density at radius 2 is 2.59 bits per heavy atom. The van der Waals surface area contributed by atoms with E-state index in [9.17, 15) is 4.79 Å². The molecule has 0 spiro atoms. The van der Waals surface area contributed by atoms with Gasteiger partial charge in [-0.3, -0.25) is 4.79 Å². The number of hydrogen-bond donors (Lipinski definition) is 0. The maximum absolute atomic E-state index is 11.7. The normalized spacial score (nSPS) is 20.4. The molecule has 17 heavy (non-hydrogen) atoms. The molecular formula is C11H15BrN2O2S. The number of anilines is 1. The highest BCUT2D eigenvalue weighted by molar-refractivity contribution is 9.10. The molecule has 0 radical (unpaired) electrons. The molecule has 2 heterocycles. The highest BCUT2D eigenvalue weighted by Gasteiger charge is 2.28. The summed E-state index contributed by atoms with van der Waals surface area (Å²) in [5.41, 5.74) is 0. The largest absolute Gasteiger partial charge is 0.466 e. The number of nitrogens with zero attached hydrogens (tertiary/aromatic N) is 2. The lowest BCUT2D eigenvalue weighted by Crippen LogP contribution is -2.39. The number of carbonyl (C=O) groups excluding carboxylic acids is 1. The van der Waals surface area contributed by atoms with Crippen molar-refractivity contribution < 1.29 is 9.53 Å². The number of hydrogen-bond acceptors (Lipinski definition) is 5. The van der Waals surface area contributed by atoms with Crippen LogP contribution in [0.4, 0.5) is 5.13 Å². The third-order valence-electron chi connectivity index (χ3n) is 2.78. The monoisotopic (exact) mass is 318 g/mol. The first-order valence-corrected chi connectivity index (χ1v) is 7.40. The van der Waals surface area contributed by atoms with Gasteiger partial charge in [0.05, 0.1) is 12.5 Å². The minimum absolute atomic E-state index is 0.00799. The van der Waals surface area contributed by atoms with Gasteiger partial charge in [-0.2, -0.15) is 0 Å². The second kappa shape index (κ2) is 5.82. The summed E-state index contributed by atoms with van der Waals surface area (Å²) in [5.74, 6) is -0.0841. The van der Waals surface area contributed by atoms with E-state index >= 15 is 0 Å². The predicted octanol–water partition coefficient (Wildman–Crippen LogP) is 2.69. The molecule has 4 nitrogen and oxygen atoms in total. The Labute approximate surface area is 113 Å². The highest BCUT2D eigenvalue weighted by atomic mass is 79.9. The van der Waals surface area contributed by atoms with Crippen LogP contribution in [-0.2, 0) is 9.53 Å². The molecule has 1 aliphatic heterocycles. The average molecular weight is 319 g/mol. The molecule has 1 fully saturated rings. The standard InChI is InChI=1S/C11H15BrN2O2S/c1-2-16-10(15)8-4-3-5-14(6-8)11-13-9(12)7-17-11/h7-8H,2-6H2,1H3. The summed E-state index contributed by atoms with van der Waals surface area (Å²) >= 11 is 4.95. The van der Waals surface area contributed by atoms with Gasteiger partial charge >= 0.3 is 5.97 Å². The Balaban J connectivity index is 1.99. The molecule has 1 unspecified atom stereocenters. The van der Waals surface area contributed by atoms with Gasteiger partial charge in [0.2, 0.25) is 0 Å². The first kappa shape index (κ1) is 12.8. The first-order valence-electron chi connectivity index (χ1n) is 5.73. The minimum Gasteiger partial charge on any atom is -0.466 e. The zero-order valence-electron chi connectivity index (χ0n) is 9.69. The van der Waals surface area contributed by atoms with Gasteiger partial charge in [-0.25, -0.2) is 4.98 Å². The summed E-state index contributed by atoms with van der Waals surface area (Å²) in [4.78, 5) is 18.3. The number of thiazole rings is 1. The Morgan fingerprint density at radius 1 is 1.76 bits per heavy atom. The molecule has 1 aromatic rings. The van der Waals surface area contributed by atoms with Crippen LogP contribution in [0.3, 0.4) is 0 Å². The van der Waals surface area contributed by atoms with Gasteiger partial charge in [-0.05, 0) is 35.7 Å². The summed E-state index contributed by atoms with van der Waals surface area (Å²) in [5, 5.41) is 2.94. The number of piperidine rings is 1. The van der Waals surface area contributed by atoms with Crippen LogP contribution in [0.25, 0.3) is 0 Å². The maximum atomic E-state index is 11.7. The molecule has 1 saturated heterocycles. The van der Waals surface area contributed by atoms with Crippen molar-refractivity contribution in [2.24, 2.45) is 5.92 Å². The second-order valence-electron chi connectivity index (χ2n) is 3.99. The fourth-order valence-corrected chi connectivity index (χ4v) is 3.28. The van der Waals surface area contributed by atoms with Crippen LogP contribution < -0.4 is 4.90 Å². The minimum atomic E-state index is -0.0761. The molecule has 0 aromatic carbocycles. The number of halogens is 1. The van der Waals surface area contributed by atoms with Crippen molar-refractivity contribution in [3.63, 3.8) is 0 Å². The SMILES string of the molecule is CCOC(=O)C1CCCN(c2nc(Br)cs2)C1. The zero-order valence-corrected chi connectivity index (χ0v) is 12.1. The average Bonchev–Trinajstić information content (AvgIpc) is 2.76. The summed E-state index contributed by atoms with van der Waals surface area (Å²) in [6, 6.07) is 0. The Hall–Kier alpha value is -0.620. The van der Waals surface area contributed by atoms with E-state index in [2.05, 4.69) is 25.8 Å². The van der Waals surface area contributed by atoms with Crippen molar-refractivity contribution in [1.82, 2.24) is 4.98 Å². The Morgan fingerprint density at radius 3 is 3.24 bits per heavy atom. The molecule has 1 atom stereocenters. The van der Waals surface area contributed by atoms with E-state index in [0.29, 0.717) is 6.61 Å². The molecule has 0 saturated carbocycles. The van der Waals surface area contributed by atoms with E-state index in [4.69, 9.17) is 4.74 Å². The first-order chi connectivity index (χ1) is 8.20. The van der Waals surface area contributed by atoms with E-state index in [0.717, 1.165) is 35.7 Å². The third kappa shape index (κ3) is 3.19. The highest BCUT2D eigenvalue weighted by Crippen LogP contribution is 2.28. The lowest BCUT2D eigenvalue weighted by molar-refractivity contribution is -0.148. The van der Waals surface area contributed by atoms with Gasteiger partial charge in [-0.15, -0.1) is 11.3 Å². The van der Waals surface area contributed by atoms with Crippen LogP contribution in [0.15, 0.2) is 9.98 Å².